The maximum absolute atomic E-state index is 12.8. The highest BCUT2D eigenvalue weighted by Crippen LogP contribution is 2.16. The zero-order valence-corrected chi connectivity index (χ0v) is 7.73. The van der Waals surface area contributed by atoms with Crippen molar-refractivity contribution < 1.29 is 13.9 Å². The van der Waals surface area contributed by atoms with Gasteiger partial charge < -0.3 is 4.74 Å². The second kappa shape index (κ2) is 4.06. The van der Waals surface area contributed by atoms with Gasteiger partial charge in [0.05, 0.1) is 0 Å². The van der Waals surface area contributed by atoms with E-state index in [-0.39, 0.29) is 4.88 Å². The Kier molecular flexibility index (Phi) is 3.04. The second-order valence-electron chi connectivity index (χ2n) is 2.31. The Bertz CT molecular complexity index is 351. The van der Waals surface area contributed by atoms with Gasteiger partial charge in [0.2, 0.25) is 0 Å². The molecule has 0 radical (unpaired) electrons. The summed E-state index contributed by atoms with van der Waals surface area (Å²) in [5.74, 6) is 0.936. The molecule has 0 saturated heterocycles. The minimum Gasteiger partial charge on any atom is -0.445 e. The van der Waals surface area contributed by atoms with Crippen LogP contribution in [-0.4, -0.2) is 12.1 Å². The number of esters is 1. The van der Waals surface area contributed by atoms with Crippen LogP contribution >= 0.6 is 11.3 Å². The number of halogens is 1. The molecule has 0 fully saturated rings. The highest BCUT2D eigenvalue weighted by atomic mass is 32.1. The Hall–Kier alpha value is -1.34. The molecule has 1 heterocycles. The van der Waals surface area contributed by atoms with E-state index in [9.17, 15) is 9.18 Å². The fourth-order valence-electron chi connectivity index (χ4n) is 0.687. The van der Waals surface area contributed by atoms with Gasteiger partial charge in [-0.1, -0.05) is 5.92 Å². The fraction of sp³-hybridized carbons (Fsp3) is 0.222. The summed E-state index contributed by atoms with van der Waals surface area (Å²) in [6.07, 6.45) is 4.36. The Morgan fingerprint density at radius 2 is 2.54 bits per heavy atom. The standard InChI is InChI=1S/C9H7FO2S/c1-3-6(2)12-9(11)8-7(10)4-5-13-8/h1,4-6H,2H3. The van der Waals surface area contributed by atoms with Crippen molar-refractivity contribution in [3.63, 3.8) is 0 Å². The van der Waals surface area contributed by atoms with E-state index >= 15 is 0 Å². The van der Waals surface area contributed by atoms with Crippen molar-refractivity contribution in [2.45, 2.75) is 13.0 Å². The first-order valence-corrected chi connectivity index (χ1v) is 4.43. The number of terminal acetylenes is 1. The average molecular weight is 198 g/mol. The van der Waals surface area contributed by atoms with Crippen LogP contribution in [0.2, 0.25) is 0 Å². The largest absolute Gasteiger partial charge is 0.445 e. The molecule has 0 N–H and O–H groups in total. The third kappa shape index (κ3) is 2.30. The fourth-order valence-corrected chi connectivity index (χ4v) is 1.34. The SMILES string of the molecule is C#CC(C)OC(=O)c1sccc1F. The molecule has 0 aromatic carbocycles. The predicted octanol–water partition coefficient (Wildman–Crippen LogP) is 2.07. The summed E-state index contributed by atoms with van der Waals surface area (Å²) < 4.78 is 17.5. The first kappa shape index (κ1) is 9.75. The third-order valence-corrected chi connectivity index (χ3v) is 2.19. The Morgan fingerprint density at radius 1 is 1.85 bits per heavy atom. The first-order valence-electron chi connectivity index (χ1n) is 3.55. The molecule has 1 atom stereocenters. The van der Waals surface area contributed by atoms with Gasteiger partial charge >= 0.3 is 5.97 Å². The molecule has 1 aromatic rings. The van der Waals surface area contributed by atoms with Gasteiger partial charge in [0.1, 0.15) is 10.7 Å². The summed E-state index contributed by atoms with van der Waals surface area (Å²) in [6, 6.07) is 1.21. The number of hydrogen-bond acceptors (Lipinski definition) is 3. The first-order chi connectivity index (χ1) is 6.15. The van der Waals surface area contributed by atoms with Gasteiger partial charge in [-0.15, -0.1) is 17.8 Å². The second-order valence-corrected chi connectivity index (χ2v) is 3.23. The molecular formula is C9H7FO2S. The predicted molar refractivity (Wildman–Crippen MR) is 48.0 cm³/mol. The zero-order valence-electron chi connectivity index (χ0n) is 6.91. The zero-order chi connectivity index (χ0) is 9.84. The molecular weight excluding hydrogens is 191 g/mol. The van der Waals surface area contributed by atoms with Crippen LogP contribution in [0.3, 0.4) is 0 Å². The van der Waals surface area contributed by atoms with Crippen LogP contribution in [0.5, 0.6) is 0 Å². The minimum atomic E-state index is -0.710. The van der Waals surface area contributed by atoms with E-state index in [1.54, 1.807) is 6.92 Å². The molecule has 0 aliphatic heterocycles. The summed E-state index contributed by atoms with van der Waals surface area (Å²) in [6.45, 7) is 1.55. The van der Waals surface area contributed by atoms with Crippen molar-refractivity contribution in [1.29, 1.82) is 0 Å². The molecule has 2 nitrogen and oxygen atoms in total. The quantitative estimate of drug-likeness (QED) is 0.537. The Morgan fingerprint density at radius 3 is 3.00 bits per heavy atom. The summed E-state index contributed by atoms with van der Waals surface area (Å²) in [4.78, 5) is 11.1. The average Bonchev–Trinajstić information content (AvgIpc) is 2.51. The van der Waals surface area contributed by atoms with Crippen LogP contribution in [0.15, 0.2) is 11.4 Å². The lowest BCUT2D eigenvalue weighted by atomic mass is 10.4. The molecule has 0 saturated carbocycles. The smallest absolute Gasteiger partial charge is 0.352 e. The van der Waals surface area contributed by atoms with Gasteiger partial charge in [-0.2, -0.15) is 0 Å². The van der Waals surface area contributed by atoms with E-state index in [0.717, 1.165) is 11.3 Å². The minimum absolute atomic E-state index is 0.0397. The van der Waals surface area contributed by atoms with E-state index in [1.165, 1.54) is 11.4 Å². The van der Waals surface area contributed by atoms with Gasteiger partial charge in [-0.05, 0) is 18.4 Å². The molecule has 1 aromatic heterocycles. The highest BCUT2D eigenvalue weighted by molar-refractivity contribution is 7.12. The van der Waals surface area contributed by atoms with Crippen molar-refractivity contribution in [3.05, 3.63) is 22.1 Å². The molecule has 0 aliphatic carbocycles. The summed E-state index contributed by atoms with van der Waals surface area (Å²) in [5.41, 5.74) is 0. The van der Waals surface area contributed by atoms with Crippen molar-refractivity contribution >= 4 is 17.3 Å². The van der Waals surface area contributed by atoms with Gasteiger partial charge in [-0.3, -0.25) is 0 Å². The molecule has 13 heavy (non-hydrogen) atoms. The van der Waals surface area contributed by atoms with E-state index < -0.39 is 17.9 Å². The molecule has 0 amide bonds. The maximum Gasteiger partial charge on any atom is 0.352 e. The van der Waals surface area contributed by atoms with Crippen molar-refractivity contribution in [2.75, 3.05) is 0 Å². The van der Waals surface area contributed by atoms with Gasteiger partial charge in [0, 0.05) is 0 Å². The van der Waals surface area contributed by atoms with Gasteiger partial charge in [0.25, 0.3) is 0 Å². The van der Waals surface area contributed by atoms with Crippen LogP contribution in [0.1, 0.15) is 16.6 Å². The number of hydrogen-bond donors (Lipinski definition) is 0. The summed E-state index contributed by atoms with van der Waals surface area (Å²) in [7, 11) is 0. The van der Waals surface area contributed by atoms with Crippen LogP contribution in [0.25, 0.3) is 0 Å². The third-order valence-electron chi connectivity index (χ3n) is 1.32. The van der Waals surface area contributed by atoms with E-state index in [2.05, 4.69) is 5.92 Å². The number of thiophene rings is 1. The normalized spacial score (nSPS) is 11.8. The Labute approximate surface area is 79.3 Å². The number of rotatable bonds is 2. The lowest BCUT2D eigenvalue weighted by Gasteiger charge is -2.04. The number of carbonyl (C=O) groups excluding carboxylic acids is 1. The lowest BCUT2D eigenvalue weighted by Crippen LogP contribution is -2.12. The van der Waals surface area contributed by atoms with E-state index in [0.29, 0.717) is 0 Å². The lowest BCUT2D eigenvalue weighted by molar-refractivity contribution is 0.0440. The molecule has 68 valence electrons. The number of ether oxygens (including phenoxy) is 1. The van der Waals surface area contributed by atoms with Crippen LogP contribution in [0, 0.1) is 18.2 Å². The molecule has 0 spiro atoms. The summed E-state index contributed by atoms with van der Waals surface area (Å²) in [5, 5.41) is 1.48. The van der Waals surface area contributed by atoms with Crippen LogP contribution in [0.4, 0.5) is 4.39 Å². The van der Waals surface area contributed by atoms with Gasteiger partial charge in [-0.25, -0.2) is 9.18 Å². The van der Waals surface area contributed by atoms with E-state index in [4.69, 9.17) is 11.2 Å². The summed E-state index contributed by atoms with van der Waals surface area (Å²) >= 11 is 0.992. The van der Waals surface area contributed by atoms with Crippen LogP contribution < -0.4 is 0 Å². The maximum atomic E-state index is 12.8. The van der Waals surface area contributed by atoms with Gasteiger partial charge in [0.15, 0.2) is 6.10 Å². The Balaban J connectivity index is 2.71. The molecule has 4 heteroatoms. The van der Waals surface area contributed by atoms with Crippen molar-refractivity contribution in [1.82, 2.24) is 0 Å². The van der Waals surface area contributed by atoms with E-state index in [1.807, 2.05) is 0 Å². The molecule has 1 unspecified atom stereocenters. The monoisotopic (exact) mass is 198 g/mol. The van der Waals surface area contributed by atoms with Crippen molar-refractivity contribution in [2.24, 2.45) is 0 Å². The topological polar surface area (TPSA) is 26.3 Å². The highest BCUT2D eigenvalue weighted by Gasteiger charge is 2.16. The number of carbonyl (C=O) groups is 1. The van der Waals surface area contributed by atoms with Crippen LogP contribution in [-0.2, 0) is 4.74 Å². The molecule has 0 bridgehead atoms. The van der Waals surface area contributed by atoms with Crippen molar-refractivity contribution in [3.8, 4) is 12.3 Å². The molecule has 0 aliphatic rings. The molecule has 1 rings (SSSR count).